The summed E-state index contributed by atoms with van der Waals surface area (Å²) in [4.78, 5) is 0. The van der Waals surface area contributed by atoms with E-state index in [0.29, 0.717) is 0 Å². The summed E-state index contributed by atoms with van der Waals surface area (Å²) in [6.45, 7) is 0. The van der Waals surface area contributed by atoms with E-state index in [-0.39, 0.29) is 45.6 Å². The van der Waals surface area contributed by atoms with Gasteiger partial charge in [-0.1, -0.05) is 0 Å². The molecule has 0 aliphatic heterocycles. The van der Waals surface area contributed by atoms with Crippen molar-refractivity contribution in [1.82, 2.24) is 0 Å². The predicted octanol–water partition coefficient (Wildman–Crippen LogP) is -3.37. The summed E-state index contributed by atoms with van der Waals surface area (Å²) < 4.78 is 29.6. The molecular weight excluding hydrogens is 367 g/mol. The second kappa shape index (κ2) is 6.27. The zero-order chi connectivity index (χ0) is 4.50. The van der Waals surface area contributed by atoms with Gasteiger partial charge in [0.1, 0.15) is 0 Å². The summed E-state index contributed by atoms with van der Waals surface area (Å²) >= 11 is -5.18. The van der Waals surface area contributed by atoms with Gasteiger partial charge in [-0.25, -0.2) is 0 Å². The van der Waals surface area contributed by atoms with E-state index in [1.165, 1.54) is 0 Å². The van der Waals surface area contributed by atoms with Gasteiger partial charge in [-0.15, -0.1) is 0 Å². The first-order chi connectivity index (χ1) is 2.00. The predicted molar refractivity (Wildman–Crippen MR) is 26.1 cm³/mol. The molecule has 38 valence electrons. The molecule has 0 aromatic rings. The van der Waals surface area contributed by atoms with Crippen molar-refractivity contribution in [2.75, 3.05) is 0 Å². The Morgan fingerprint density at radius 3 is 0.857 bits per heavy atom. The number of hydrogen-bond donors (Lipinski definition) is 4. The second-order valence-corrected chi connectivity index (χ2v) is 4.02. The fourth-order valence-electron chi connectivity index (χ4n) is 0. The SMILES string of the molecule is [Ga].[In].[OH][Sn]([OH])([OH])[OH]. The Bertz CT molecular complexity index is 27.2. The Balaban J connectivity index is -0.0000000800. The van der Waals surface area contributed by atoms with Gasteiger partial charge in [0.05, 0.1) is 0 Å². The standard InChI is InChI=1S/Ga.In.4H2O.Sn/h;;4*1H2;/q;;;;;;+4/p-4. The zero-order valence-corrected chi connectivity index (χ0v) is 12.0. The van der Waals surface area contributed by atoms with Crippen LogP contribution in [0.5, 0.6) is 0 Å². The summed E-state index contributed by atoms with van der Waals surface area (Å²) in [5.41, 5.74) is 0. The molecule has 0 aliphatic carbocycles. The monoisotopic (exact) mass is 372 g/mol. The quantitative estimate of drug-likeness (QED) is 0.335. The minimum absolute atomic E-state index is 0. The number of hydrogen-bond acceptors (Lipinski definition) is 4. The van der Waals surface area contributed by atoms with Gasteiger partial charge in [0.15, 0.2) is 0 Å². The second-order valence-electron chi connectivity index (χ2n) is 0.600. The van der Waals surface area contributed by atoms with E-state index in [0.717, 1.165) is 0 Å². The van der Waals surface area contributed by atoms with Crippen LogP contribution in [0.25, 0.3) is 0 Å². The Labute approximate surface area is 78.5 Å². The van der Waals surface area contributed by atoms with Crippen molar-refractivity contribution in [3.63, 3.8) is 0 Å². The van der Waals surface area contributed by atoms with E-state index in [2.05, 4.69) is 0 Å². The molecule has 0 unspecified atom stereocenters. The van der Waals surface area contributed by atoms with Crippen molar-refractivity contribution < 1.29 is 13.8 Å². The molecule has 0 rings (SSSR count). The fraction of sp³-hybridized carbons (Fsp3) is 0. The maximum absolute atomic E-state index is 7.40. The van der Waals surface area contributed by atoms with Crippen LogP contribution in [0.15, 0.2) is 0 Å². The van der Waals surface area contributed by atoms with Crippen LogP contribution in [-0.2, 0) is 0 Å². The fourth-order valence-corrected chi connectivity index (χ4v) is 0. The molecule has 0 amide bonds. The van der Waals surface area contributed by atoms with E-state index in [1.54, 1.807) is 0 Å². The summed E-state index contributed by atoms with van der Waals surface area (Å²) in [5.74, 6) is 0. The van der Waals surface area contributed by atoms with E-state index in [4.69, 9.17) is 13.8 Å². The summed E-state index contributed by atoms with van der Waals surface area (Å²) in [5, 5.41) is 0. The van der Waals surface area contributed by atoms with E-state index < -0.39 is 20.0 Å². The average Bonchev–Trinajstić information content (AvgIpc) is 0.722. The third-order valence-electron chi connectivity index (χ3n) is 0. The minimum atomic E-state index is -5.18. The van der Waals surface area contributed by atoms with Gasteiger partial charge in [0, 0.05) is 45.6 Å². The van der Waals surface area contributed by atoms with Gasteiger partial charge < -0.3 is 0 Å². The van der Waals surface area contributed by atoms with Crippen molar-refractivity contribution >= 4 is 65.7 Å². The Morgan fingerprint density at radius 2 is 0.857 bits per heavy atom. The van der Waals surface area contributed by atoms with Gasteiger partial charge in [-0.05, 0) is 0 Å². The molecule has 0 saturated carbocycles. The van der Waals surface area contributed by atoms with Gasteiger partial charge in [-0.2, -0.15) is 0 Å². The zero-order valence-electron chi connectivity index (χ0n) is 3.44. The Kier molecular flexibility index (Phi) is 14.4. The van der Waals surface area contributed by atoms with Crippen LogP contribution in [0.4, 0.5) is 0 Å². The molecule has 4 nitrogen and oxygen atoms in total. The molecular formula is H4GaInO4Sn. The third-order valence-corrected chi connectivity index (χ3v) is 0. The van der Waals surface area contributed by atoms with Crippen LogP contribution in [-0.4, -0.2) is 79.4 Å². The Morgan fingerprint density at radius 1 is 0.857 bits per heavy atom. The summed E-state index contributed by atoms with van der Waals surface area (Å²) in [6.07, 6.45) is 0. The first-order valence-corrected chi connectivity index (χ1v) is 6.00. The molecule has 4 N–H and O–H groups in total. The van der Waals surface area contributed by atoms with Gasteiger partial charge in [0.25, 0.3) is 0 Å². The van der Waals surface area contributed by atoms with E-state index >= 15 is 0 Å². The molecule has 0 saturated heterocycles. The van der Waals surface area contributed by atoms with Crippen molar-refractivity contribution in [1.29, 1.82) is 0 Å². The molecule has 0 fully saturated rings. The molecule has 7 heavy (non-hydrogen) atoms. The average molecular weight is 371 g/mol. The van der Waals surface area contributed by atoms with E-state index in [1.807, 2.05) is 0 Å². The topological polar surface area (TPSA) is 80.9 Å². The van der Waals surface area contributed by atoms with Crippen LogP contribution >= 0.6 is 0 Å². The summed E-state index contributed by atoms with van der Waals surface area (Å²) in [7, 11) is 0. The third kappa shape index (κ3) is 66.8. The van der Waals surface area contributed by atoms with Crippen LogP contribution in [0.3, 0.4) is 0 Å². The normalized spacial score (nSPS) is 8.57. The molecule has 6 radical (unpaired) electrons. The molecule has 0 aliphatic rings. The first-order valence-electron chi connectivity index (χ1n) is 0.894. The van der Waals surface area contributed by atoms with Crippen molar-refractivity contribution in [2.24, 2.45) is 0 Å². The molecule has 0 bridgehead atoms. The summed E-state index contributed by atoms with van der Waals surface area (Å²) in [6, 6.07) is 0. The van der Waals surface area contributed by atoms with Gasteiger partial charge in [-0.3, -0.25) is 0 Å². The van der Waals surface area contributed by atoms with Gasteiger partial charge >= 0.3 is 33.8 Å². The van der Waals surface area contributed by atoms with E-state index in [9.17, 15) is 0 Å². The number of rotatable bonds is 0. The first kappa shape index (κ1) is 16.1. The van der Waals surface area contributed by atoms with Crippen molar-refractivity contribution in [3.05, 3.63) is 0 Å². The molecule has 0 atom stereocenters. The van der Waals surface area contributed by atoms with Crippen molar-refractivity contribution in [3.8, 4) is 0 Å². The molecule has 7 heteroatoms. The molecule has 0 spiro atoms. The van der Waals surface area contributed by atoms with Crippen LogP contribution in [0.2, 0.25) is 0 Å². The van der Waals surface area contributed by atoms with Gasteiger partial charge in [0.2, 0.25) is 0 Å². The Hall–Kier alpha value is 2.15. The van der Waals surface area contributed by atoms with Crippen LogP contribution < -0.4 is 0 Å². The maximum atomic E-state index is 7.40. The molecule has 0 aromatic carbocycles. The van der Waals surface area contributed by atoms with Crippen LogP contribution in [0, 0.1) is 0 Å². The van der Waals surface area contributed by atoms with Crippen LogP contribution in [0.1, 0.15) is 0 Å². The molecule has 0 aromatic heterocycles. The van der Waals surface area contributed by atoms with Crippen molar-refractivity contribution in [2.45, 2.75) is 0 Å². The molecule has 0 heterocycles.